The number of aromatic nitrogens is 2. The van der Waals surface area contributed by atoms with Crippen LogP contribution in [0.25, 0.3) is 33.9 Å². The Morgan fingerprint density at radius 2 is 1.77 bits per heavy atom. The molecule has 0 amide bonds. The predicted molar refractivity (Wildman–Crippen MR) is 179 cm³/mol. The first-order chi connectivity index (χ1) is 21.5. The summed E-state index contributed by atoms with van der Waals surface area (Å²) >= 11 is 1.47. The molecule has 0 unspecified atom stereocenters. The van der Waals surface area contributed by atoms with Crippen LogP contribution >= 0.6 is 11.3 Å². The summed E-state index contributed by atoms with van der Waals surface area (Å²) in [7, 11) is 1.68. The van der Waals surface area contributed by atoms with Crippen molar-refractivity contribution >= 4 is 34.0 Å². The molecule has 0 radical (unpaired) electrons. The molecule has 1 aliphatic carbocycles. The third kappa shape index (κ3) is 4.20. The van der Waals surface area contributed by atoms with Gasteiger partial charge in [0.15, 0.2) is 4.80 Å². The van der Waals surface area contributed by atoms with Crippen LogP contribution in [0.3, 0.4) is 0 Å². The van der Waals surface area contributed by atoms with Gasteiger partial charge in [-0.15, -0.1) is 0 Å². The molecule has 6 aromatic rings. The summed E-state index contributed by atoms with van der Waals surface area (Å²) in [6.07, 6.45) is 3.84. The van der Waals surface area contributed by atoms with E-state index in [0.29, 0.717) is 4.53 Å². The molecule has 1 N–H and O–H groups in total. The molecule has 4 aromatic carbocycles. The Balaban J connectivity index is 1.42. The highest BCUT2D eigenvalue weighted by molar-refractivity contribution is 7.07. The van der Waals surface area contributed by atoms with Crippen molar-refractivity contribution < 1.29 is 4.74 Å². The molecule has 8 rings (SSSR count). The number of ether oxygens (including phenoxy) is 1. The van der Waals surface area contributed by atoms with E-state index in [-0.39, 0.29) is 11.6 Å². The molecule has 2 aromatic heterocycles. The summed E-state index contributed by atoms with van der Waals surface area (Å²) in [5.41, 5.74) is 12.2. The minimum atomic E-state index is -0.257. The van der Waals surface area contributed by atoms with Crippen LogP contribution in [-0.2, 0) is 6.42 Å². The number of thiazole rings is 1. The van der Waals surface area contributed by atoms with Gasteiger partial charge >= 0.3 is 0 Å². The third-order valence-corrected chi connectivity index (χ3v) is 9.89. The van der Waals surface area contributed by atoms with Crippen molar-refractivity contribution in [2.75, 3.05) is 7.11 Å². The first-order valence-corrected chi connectivity index (χ1v) is 15.8. The fraction of sp³-hybridized carbons (Fsp3) is 0.158. The van der Waals surface area contributed by atoms with Crippen molar-refractivity contribution in [1.82, 2.24) is 9.55 Å². The fourth-order valence-electron chi connectivity index (χ4n) is 6.92. The van der Waals surface area contributed by atoms with Crippen molar-refractivity contribution in [3.63, 3.8) is 0 Å². The maximum atomic E-state index is 14.5. The topological polar surface area (TPSA) is 59.4 Å². The van der Waals surface area contributed by atoms with E-state index in [1.165, 1.54) is 33.6 Å². The van der Waals surface area contributed by atoms with Gasteiger partial charge in [-0.1, -0.05) is 89.7 Å². The molecule has 6 heteroatoms. The van der Waals surface area contributed by atoms with E-state index in [0.717, 1.165) is 67.9 Å². The summed E-state index contributed by atoms with van der Waals surface area (Å²) in [6, 6.07) is 31.1. The minimum absolute atomic E-state index is 0.0234. The molecule has 3 heterocycles. The normalized spacial score (nSPS) is 16.0. The molecular weight excluding hydrogens is 563 g/mol. The average Bonchev–Trinajstić information content (AvgIpc) is 3.57. The molecule has 0 saturated heterocycles. The number of H-pyrrole nitrogens is 1. The van der Waals surface area contributed by atoms with Gasteiger partial charge in [-0.05, 0) is 78.8 Å². The minimum Gasteiger partial charge on any atom is -0.497 e. The van der Waals surface area contributed by atoms with E-state index < -0.39 is 0 Å². The first kappa shape index (κ1) is 26.7. The highest BCUT2D eigenvalue weighted by Gasteiger charge is 2.33. The lowest BCUT2D eigenvalue weighted by atomic mass is 9.83. The first-order valence-electron chi connectivity index (χ1n) is 15.0. The molecule has 5 nitrogen and oxygen atoms in total. The average molecular weight is 594 g/mol. The Kier molecular flexibility index (Phi) is 6.27. The van der Waals surface area contributed by atoms with Gasteiger partial charge in [0.2, 0.25) is 0 Å². The van der Waals surface area contributed by atoms with Gasteiger partial charge in [0.1, 0.15) is 5.75 Å². The van der Waals surface area contributed by atoms with Crippen molar-refractivity contribution in [3.8, 4) is 17.0 Å². The smallest absolute Gasteiger partial charge is 0.271 e. The van der Waals surface area contributed by atoms with Gasteiger partial charge in [-0.2, -0.15) is 0 Å². The quantitative estimate of drug-likeness (QED) is 0.237. The number of rotatable bonds is 4. The number of fused-ring (bicyclic) bond motifs is 4. The number of methoxy groups -OCH3 is 1. The van der Waals surface area contributed by atoms with E-state index in [1.54, 1.807) is 7.11 Å². The molecular formula is C38H31N3O2S. The summed E-state index contributed by atoms with van der Waals surface area (Å²) < 4.78 is 8.19. The molecule has 2 aliphatic rings. The zero-order valence-electron chi connectivity index (χ0n) is 24.8. The maximum Gasteiger partial charge on any atom is 0.271 e. The van der Waals surface area contributed by atoms with Gasteiger partial charge in [0, 0.05) is 22.0 Å². The van der Waals surface area contributed by atoms with E-state index in [1.807, 2.05) is 34.9 Å². The van der Waals surface area contributed by atoms with E-state index >= 15 is 0 Å². The summed E-state index contributed by atoms with van der Waals surface area (Å²) in [5, 5.41) is 1.12. The van der Waals surface area contributed by atoms with E-state index in [2.05, 4.69) is 85.6 Å². The summed E-state index contributed by atoms with van der Waals surface area (Å²) in [4.78, 5) is 24.2. The second-order valence-corrected chi connectivity index (χ2v) is 12.7. The van der Waals surface area contributed by atoms with Gasteiger partial charge in [0.05, 0.1) is 29.1 Å². The lowest BCUT2D eigenvalue weighted by Gasteiger charge is -2.31. The number of aromatic amines is 1. The molecule has 0 spiro atoms. The number of aryl methyl sites for hydroxylation is 3. The Morgan fingerprint density at radius 1 is 0.955 bits per heavy atom. The zero-order chi connectivity index (χ0) is 29.9. The number of benzene rings is 4. The van der Waals surface area contributed by atoms with Crippen LogP contribution < -0.4 is 19.6 Å². The van der Waals surface area contributed by atoms with Crippen molar-refractivity contribution in [2.24, 2.45) is 4.99 Å². The molecule has 0 saturated carbocycles. The maximum absolute atomic E-state index is 14.5. The van der Waals surface area contributed by atoms with Crippen molar-refractivity contribution in [2.45, 2.75) is 32.7 Å². The van der Waals surface area contributed by atoms with Gasteiger partial charge in [-0.25, -0.2) is 4.99 Å². The number of nitrogens with zero attached hydrogens (tertiary/aromatic N) is 2. The fourth-order valence-corrected chi connectivity index (χ4v) is 7.90. The number of nitrogens with one attached hydrogen (secondary N) is 1. The lowest BCUT2D eigenvalue weighted by Crippen LogP contribution is -2.38. The third-order valence-electron chi connectivity index (χ3n) is 8.91. The van der Waals surface area contributed by atoms with Crippen LogP contribution in [0.1, 0.15) is 45.8 Å². The zero-order valence-corrected chi connectivity index (χ0v) is 25.7. The summed E-state index contributed by atoms with van der Waals surface area (Å²) in [5.74, 6) is 0.775. The standard InChI is InChI=1S/C38H31N3O2S/c1-22-18-23(2)33-30(19-22)31(34(39-33)25-11-5-4-6-12-25)21-32-37(42)41-36(26-13-9-14-27(20-26)43-3)29-17-16-24-10-7-8-15-28(24)35(29)40-38(41)44-32/h4-15,18-21,36,39H,16-17H2,1-3H3/b32-21+/t36-/m1/s1. The second kappa shape index (κ2) is 10.4. The SMILES string of the molecule is COc1cccc([C@@H]2C3=C(N=c4s/c(=C/c5c(-c6ccccc6)[nH]c6c(C)cc(C)cc56)c(=O)n42)c2ccccc2CC3)c1. The molecule has 216 valence electrons. The van der Waals surface area contributed by atoms with Crippen LogP contribution in [-0.4, -0.2) is 16.7 Å². The highest BCUT2D eigenvalue weighted by Crippen LogP contribution is 2.42. The van der Waals surface area contributed by atoms with Crippen LogP contribution in [0.15, 0.2) is 106 Å². The van der Waals surface area contributed by atoms with E-state index in [9.17, 15) is 4.79 Å². The van der Waals surface area contributed by atoms with Gasteiger partial charge in [-0.3, -0.25) is 9.36 Å². The van der Waals surface area contributed by atoms with Crippen LogP contribution in [0.2, 0.25) is 0 Å². The predicted octanol–water partition coefficient (Wildman–Crippen LogP) is 7.09. The van der Waals surface area contributed by atoms with E-state index in [4.69, 9.17) is 9.73 Å². The highest BCUT2D eigenvalue weighted by atomic mass is 32.1. The molecule has 0 bridgehead atoms. The van der Waals surface area contributed by atoms with Gasteiger partial charge < -0.3 is 9.72 Å². The van der Waals surface area contributed by atoms with Gasteiger partial charge in [0.25, 0.3) is 5.56 Å². The molecule has 1 atom stereocenters. The largest absolute Gasteiger partial charge is 0.497 e. The number of hydrogen-bond donors (Lipinski definition) is 1. The van der Waals surface area contributed by atoms with Crippen molar-refractivity contribution in [3.05, 3.63) is 150 Å². The second-order valence-electron chi connectivity index (χ2n) is 11.7. The van der Waals surface area contributed by atoms with Crippen molar-refractivity contribution in [1.29, 1.82) is 0 Å². The molecule has 0 fully saturated rings. The molecule has 1 aliphatic heterocycles. The summed E-state index contributed by atoms with van der Waals surface area (Å²) in [6.45, 7) is 4.25. The van der Waals surface area contributed by atoms with Crippen LogP contribution in [0.4, 0.5) is 0 Å². The Bertz CT molecular complexity index is 2320. The Hall–Kier alpha value is -4.94. The number of hydrogen-bond acceptors (Lipinski definition) is 4. The Morgan fingerprint density at radius 3 is 2.61 bits per heavy atom. The Labute approximate surface area is 259 Å². The number of allylic oxidation sites excluding steroid dienone is 1. The lowest BCUT2D eigenvalue weighted by molar-refractivity contribution is 0.413. The van der Waals surface area contributed by atoms with Crippen LogP contribution in [0.5, 0.6) is 5.75 Å². The molecule has 44 heavy (non-hydrogen) atoms. The van der Waals surface area contributed by atoms with Crippen LogP contribution in [0, 0.1) is 13.8 Å². The monoisotopic (exact) mass is 593 g/mol.